The first-order valence-electron chi connectivity index (χ1n) is 12.4. The summed E-state index contributed by atoms with van der Waals surface area (Å²) in [5.41, 5.74) is 2.58. The second-order valence-corrected chi connectivity index (χ2v) is 10.6. The Morgan fingerprint density at radius 3 is 2.61 bits per heavy atom. The first-order chi connectivity index (χ1) is 18.4. The number of carbonyl (C=O) groups excluding carboxylic acids is 1. The lowest BCUT2D eigenvalue weighted by Gasteiger charge is -2.28. The van der Waals surface area contributed by atoms with Gasteiger partial charge in [-0.3, -0.25) is 0 Å². The number of ether oxygens (including phenoxy) is 3. The third kappa shape index (κ3) is 6.06. The molecule has 202 valence electrons. The smallest absolute Gasteiger partial charge is 0.338 e. The number of hydrogen-bond acceptors (Lipinski definition) is 8. The maximum Gasteiger partial charge on any atom is 0.338 e. The number of halogens is 2. The molecule has 0 amide bonds. The number of nitrogens with one attached hydrogen (secondary N) is 1. The van der Waals surface area contributed by atoms with Crippen LogP contribution in [0.5, 0.6) is 11.5 Å². The fourth-order valence-corrected chi connectivity index (χ4v) is 5.14. The minimum atomic E-state index is -0.569. The van der Waals surface area contributed by atoms with Crippen molar-refractivity contribution in [3.05, 3.63) is 68.8 Å². The van der Waals surface area contributed by atoms with Crippen LogP contribution in [0.4, 0.5) is 5.95 Å². The van der Waals surface area contributed by atoms with Crippen molar-refractivity contribution in [1.29, 1.82) is 0 Å². The lowest BCUT2D eigenvalue weighted by molar-refractivity contribution is -0.139. The van der Waals surface area contributed by atoms with E-state index in [1.165, 1.54) is 11.8 Å². The van der Waals surface area contributed by atoms with Gasteiger partial charge in [-0.05, 0) is 48.9 Å². The predicted octanol–water partition coefficient (Wildman–Crippen LogP) is 6.92. The van der Waals surface area contributed by atoms with E-state index in [1.54, 1.807) is 36.1 Å². The Bertz CT molecular complexity index is 1320. The van der Waals surface area contributed by atoms with Gasteiger partial charge in [-0.2, -0.15) is 4.98 Å². The summed E-state index contributed by atoms with van der Waals surface area (Å²) in [6, 6.07) is 10.3. The van der Waals surface area contributed by atoms with Gasteiger partial charge in [0.05, 0.1) is 19.3 Å². The largest absolute Gasteiger partial charge is 0.493 e. The summed E-state index contributed by atoms with van der Waals surface area (Å²) >= 11 is 14.1. The van der Waals surface area contributed by atoms with E-state index in [4.69, 9.17) is 42.5 Å². The zero-order chi connectivity index (χ0) is 27.2. The molecule has 1 aliphatic rings. The number of anilines is 1. The molecular formula is C27H30Cl2N4O4S. The van der Waals surface area contributed by atoms with Gasteiger partial charge < -0.3 is 19.5 Å². The molecule has 8 nitrogen and oxygen atoms in total. The van der Waals surface area contributed by atoms with E-state index in [1.807, 2.05) is 32.9 Å². The zero-order valence-corrected chi connectivity index (χ0v) is 24.0. The number of fused-ring (bicyclic) bond motifs is 1. The lowest BCUT2D eigenvalue weighted by atomic mass is 9.95. The van der Waals surface area contributed by atoms with Crippen molar-refractivity contribution in [1.82, 2.24) is 14.8 Å². The van der Waals surface area contributed by atoms with Gasteiger partial charge in [0.15, 0.2) is 11.5 Å². The van der Waals surface area contributed by atoms with Gasteiger partial charge in [-0.15, -0.1) is 5.10 Å². The van der Waals surface area contributed by atoms with Crippen LogP contribution in [0.15, 0.2) is 52.8 Å². The molecule has 4 rings (SSSR count). The van der Waals surface area contributed by atoms with Crippen molar-refractivity contribution in [3.8, 4) is 11.5 Å². The number of benzene rings is 2. The number of thioether (sulfide) groups is 1. The summed E-state index contributed by atoms with van der Waals surface area (Å²) in [4.78, 5) is 17.9. The molecule has 1 unspecified atom stereocenters. The third-order valence-corrected chi connectivity index (χ3v) is 7.42. The molecule has 11 heteroatoms. The standard InChI is InChI=1S/C27H30Cl2N4O4S/c1-5-7-13-36-25(34)23-16(3)30-26-31-27(38-6-2)32-33(26)24(23)17-11-12-21(22(14-17)35-4)37-15-18-19(28)9-8-10-20(18)29/h8-12,14,24H,5-7,13,15H2,1-4H3,(H,30,31,32). The van der Waals surface area contributed by atoms with Crippen molar-refractivity contribution in [2.75, 3.05) is 24.8 Å². The van der Waals surface area contributed by atoms with E-state index in [-0.39, 0.29) is 6.61 Å². The minimum absolute atomic E-state index is 0.167. The summed E-state index contributed by atoms with van der Waals surface area (Å²) in [6.45, 7) is 6.44. The zero-order valence-electron chi connectivity index (χ0n) is 21.7. The van der Waals surface area contributed by atoms with Gasteiger partial charge in [-0.25, -0.2) is 9.48 Å². The van der Waals surface area contributed by atoms with Crippen LogP contribution in [0.25, 0.3) is 0 Å². The minimum Gasteiger partial charge on any atom is -0.493 e. The van der Waals surface area contributed by atoms with Crippen LogP contribution < -0.4 is 14.8 Å². The Labute approximate surface area is 236 Å². The highest BCUT2D eigenvalue weighted by Gasteiger charge is 2.35. The molecule has 38 heavy (non-hydrogen) atoms. The number of unbranched alkanes of at least 4 members (excludes halogenated alkanes) is 1. The van der Waals surface area contributed by atoms with Crippen molar-refractivity contribution in [3.63, 3.8) is 0 Å². The van der Waals surface area contributed by atoms with Crippen LogP contribution in [0, 0.1) is 0 Å². The molecule has 1 aromatic heterocycles. The van der Waals surface area contributed by atoms with E-state index in [0.29, 0.717) is 56.1 Å². The number of esters is 1. The first kappa shape index (κ1) is 28.1. The van der Waals surface area contributed by atoms with E-state index in [9.17, 15) is 4.79 Å². The Kier molecular flexibility index (Phi) is 9.46. The first-order valence-corrected chi connectivity index (χ1v) is 14.1. The summed E-state index contributed by atoms with van der Waals surface area (Å²) < 4.78 is 19.0. The van der Waals surface area contributed by atoms with E-state index < -0.39 is 12.0 Å². The average molecular weight is 578 g/mol. The summed E-state index contributed by atoms with van der Waals surface area (Å²) in [7, 11) is 1.56. The van der Waals surface area contributed by atoms with E-state index >= 15 is 0 Å². The molecule has 0 bridgehead atoms. The molecule has 0 radical (unpaired) electrons. The van der Waals surface area contributed by atoms with Crippen LogP contribution in [0.2, 0.25) is 10.0 Å². The molecule has 0 saturated heterocycles. The molecule has 0 aliphatic carbocycles. The SMILES string of the molecule is CCCCOC(=O)C1=C(C)Nc2nc(SCC)nn2C1c1ccc(OCc2c(Cl)cccc2Cl)c(OC)c1. The van der Waals surface area contributed by atoms with Crippen molar-refractivity contribution in [2.24, 2.45) is 0 Å². The quantitative estimate of drug-likeness (QED) is 0.149. The molecular weight excluding hydrogens is 547 g/mol. The predicted molar refractivity (Wildman–Crippen MR) is 151 cm³/mol. The highest BCUT2D eigenvalue weighted by Crippen LogP contribution is 2.40. The Hall–Kier alpha value is -2.88. The molecule has 1 N–H and O–H groups in total. The number of methoxy groups -OCH3 is 1. The van der Waals surface area contributed by atoms with Crippen molar-refractivity contribution < 1.29 is 19.0 Å². The Balaban J connectivity index is 1.70. The van der Waals surface area contributed by atoms with Gasteiger partial charge in [0.2, 0.25) is 11.1 Å². The van der Waals surface area contributed by atoms with E-state index in [2.05, 4.69) is 10.3 Å². The van der Waals surface area contributed by atoms with E-state index in [0.717, 1.165) is 24.2 Å². The molecule has 2 aromatic carbocycles. The van der Waals surface area contributed by atoms with Crippen molar-refractivity contribution in [2.45, 2.75) is 51.4 Å². The van der Waals surface area contributed by atoms with Gasteiger partial charge in [0.25, 0.3) is 0 Å². The normalized spacial score (nSPS) is 14.6. The Morgan fingerprint density at radius 2 is 1.92 bits per heavy atom. The topological polar surface area (TPSA) is 87.5 Å². The second kappa shape index (κ2) is 12.8. The maximum atomic E-state index is 13.3. The Morgan fingerprint density at radius 1 is 1.16 bits per heavy atom. The number of hydrogen-bond donors (Lipinski definition) is 1. The van der Waals surface area contributed by atoms with Crippen molar-refractivity contribution >= 4 is 46.9 Å². The summed E-state index contributed by atoms with van der Waals surface area (Å²) in [5.74, 6) is 1.98. The van der Waals surface area contributed by atoms with Gasteiger partial charge in [0, 0.05) is 21.3 Å². The molecule has 0 saturated carbocycles. The molecule has 0 fully saturated rings. The molecule has 1 atom stereocenters. The highest BCUT2D eigenvalue weighted by molar-refractivity contribution is 7.99. The number of allylic oxidation sites excluding steroid dienone is 1. The number of aromatic nitrogens is 3. The molecule has 1 aliphatic heterocycles. The van der Waals surface area contributed by atoms with Gasteiger partial charge >= 0.3 is 5.97 Å². The lowest BCUT2D eigenvalue weighted by Crippen LogP contribution is -2.29. The summed E-state index contributed by atoms with van der Waals surface area (Å²) in [6.07, 6.45) is 1.72. The number of rotatable bonds is 11. The van der Waals surface area contributed by atoms with Crippen LogP contribution in [0.1, 0.15) is 50.8 Å². The molecule has 2 heterocycles. The number of carbonyl (C=O) groups is 1. The fraction of sp³-hybridized carbons (Fsp3) is 0.370. The van der Waals surface area contributed by atoms with Gasteiger partial charge in [0.1, 0.15) is 12.6 Å². The molecule has 3 aromatic rings. The fourth-order valence-electron chi connectivity index (χ4n) is 4.07. The van der Waals surface area contributed by atoms with Crippen LogP contribution >= 0.6 is 35.0 Å². The van der Waals surface area contributed by atoms with Crippen LogP contribution in [0.3, 0.4) is 0 Å². The van der Waals surface area contributed by atoms with Gasteiger partial charge in [-0.1, -0.05) is 67.4 Å². The average Bonchev–Trinajstić information content (AvgIpc) is 3.29. The van der Waals surface area contributed by atoms with Crippen LogP contribution in [-0.2, 0) is 16.1 Å². The number of nitrogens with zero attached hydrogens (tertiary/aromatic N) is 3. The highest BCUT2D eigenvalue weighted by atomic mass is 35.5. The maximum absolute atomic E-state index is 13.3. The third-order valence-electron chi connectivity index (χ3n) is 5.99. The summed E-state index contributed by atoms with van der Waals surface area (Å²) in [5, 5.41) is 9.59. The van der Waals surface area contributed by atoms with Crippen LogP contribution in [-0.4, -0.2) is 40.2 Å². The second-order valence-electron chi connectivity index (χ2n) is 8.55. The molecule has 0 spiro atoms. The monoisotopic (exact) mass is 576 g/mol.